The van der Waals surface area contributed by atoms with E-state index in [9.17, 15) is 4.79 Å². The highest BCUT2D eigenvalue weighted by Crippen LogP contribution is 2.36. The first kappa shape index (κ1) is 16.2. The smallest absolute Gasteiger partial charge is 0.225 e. The maximum Gasteiger partial charge on any atom is 0.225 e. The number of piperidine rings is 1. The maximum absolute atomic E-state index is 11.8. The van der Waals surface area contributed by atoms with E-state index in [1.165, 1.54) is 0 Å². The van der Waals surface area contributed by atoms with Crippen molar-refractivity contribution in [3.05, 3.63) is 18.0 Å². The monoisotopic (exact) mass is 318 g/mol. The molecule has 0 unspecified atom stereocenters. The minimum Gasteiger partial charge on any atom is -0.373 e. The van der Waals surface area contributed by atoms with Crippen LogP contribution in [0.25, 0.3) is 0 Å². The molecule has 3 rings (SSSR count). The molecule has 2 fully saturated rings. The Bertz CT molecular complexity index is 550. The number of carbonyl (C=O) groups is 1. The van der Waals surface area contributed by atoms with Gasteiger partial charge in [0, 0.05) is 31.4 Å². The van der Waals surface area contributed by atoms with Crippen molar-refractivity contribution < 1.29 is 9.53 Å². The van der Waals surface area contributed by atoms with Crippen molar-refractivity contribution in [1.82, 2.24) is 15.3 Å². The fourth-order valence-electron chi connectivity index (χ4n) is 3.32. The predicted molar refractivity (Wildman–Crippen MR) is 88.3 cm³/mol. The topological polar surface area (TPSA) is 67.4 Å². The van der Waals surface area contributed by atoms with Gasteiger partial charge in [0.05, 0.1) is 18.2 Å². The van der Waals surface area contributed by atoms with Crippen molar-refractivity contribution in [3.63, 3.8) is 0 Å². The van der Waals surface area contributed by atoms with Gasteiger partial charge in [0.1, 0.15) is 0 Å². The average Bonchev–Trinajstić information content (AvgIpc) is 2.91. The first-order valence-corrected chi connectivity index (χ1v) is 8.45. The summed E-state index contributed by atoms with van der Waals surface area (Å²) in [5.74, 6) is 0.932. The van der Waals surface area contributed by atoms with Crippen LogP contribution < -0.4 is 10.2 Å². The fourth-order valence-corrected chi connectivity index (χ4v) is 3.32. The van der Waals surface area contributed by atoms with E-state index in [-0.39, 0.29) is 23.5 Å². The van der Waals surface area contributed by atoms with Crippen LogP contribution >= 0.6 is 0 Å². The SMILES string of the molecule is Cc1cnc(N2CCC3(CC2)C[C@@H](NC(=O)C(C)C)CO3)nc1. The maximum atomic E-state index is 11.8. The molecule has 0 radical (unpaired) electrons. The summed E-state index contributed by atoms with van der Waals surface area (Å²) < 4.78 is 6.10. The largest absolute Gasteiger partial charge is 0.373 e. The zero-order chi connectivity index (χ0) is 16.4. The first-order valence-electron chi connectivity index (χ1n) is 8.45. The van der Waals surface area contributed by atoms with E-state index in [4.69, 9.17) is 4.74 Å². The summed E-state index contributed by atoms with van der Waals surface area (Å²) in [5, 5.41) is 3.10. The number of aryl methyl sites for hydroxylation is 1. The van der Waals surface area contributed by atoms with Gasteiger partial charge in [-0.15, -0.1) is 0 Å². The average molecular weight is 318 g/mol. The molecule has 0 aromatic carbocycles. The van der Waals surface area contributed by atoms with Crippen molar-refractivity contribution in [2.75, 3.05) is 24.6 Å². The number of ether oxygens (including phenoxy) is 1. The van der Waals surface area contributed by atoms with E-state index in [0.717, 1.165) is 43.9 Å². The Kier molecular flexibility index (Phi) is 4.53. The van der Waals surface area contributed by atoms with Gasteiger partial charge >= 0.3 is 0 Å². The minimum absolute atomic E-state index is 0.0204. The number of carbonyl (C=O) groups excluding carboxylic acids is 1. The number of rotatable bonds is 3. The highest BCUT2D eigenvalue weighted by Gasteiger charge is 2.43. The molecule has 126 valence electrons. The van der Waals surface area contributed by atoms with Gasteiger partial charge in [0.15, 0.2) is 0 Å². The molecule has 6 nitrogen and oxygen atoms in total. The van der Waals surface area contributed by atoms with Crippen LogP contribution in [0.4, 0.5) is 5.95 Å². The predicted octanol–water partition coefficient (Wildman–Crippen LogP) is 1.69. The lowest BCUT2D eigenvalue weighted by Crippen LogP contribution is -2.45. The highest BCUT2D eigenvalue weighted by atomic mass is 16.5. The summed E-state index contributed by atoms with van der Waals surface area (Å²) in [6.45, 7) is 8.25. The van der Waals surface area contributed by atoms with Gasteiger partial charge in [0.25, 0.3) is 0 Å². The Morgan fingerprint density at radius 3 is 2.61 bits per heavy atom. The fraction of sp³-hybridized carbons (Fsp3) is 0.706. The van der Waals surface area contributed by atoms with Crippen LogP contribution in [0.5, 0.6) is 0 Å². The number of hydrogen-bond acceptors (Lipinski definition) is 5. The van der Waals surface area contributed by atoms with Crippen molar-refractivity contribution in [2.24, 2.45) is 5.92 Å². The zero-order valence-electron chi connectivity index (χ0n) is 14.2. The Morgan fingerprint density at radius 1 is 1.35 bits per heavy atom. The van der Waals surface area contributed by atoms with E-state index in [1.54, 1.807) is 0 Å². The van der Waals surface area contributed by atoms with Gasteiger partial charge in [-0.3, -0.25) is 4.79 Å². The Morgan fingerprint density at radius 2 is 2.00 bits per heavy atom. The number of anilines is 1. The summed E-state index contributed by atoms with van der Waals surface area (Å²) in [7, 11) is 0. The normalized spacial score (nSPS) is 23.5. The van der Waals surface area contributed by atoms with Crippen LogP contribution in [0.15, 0.2) is 12.4 Å². The van der Waals surface area contributed by atoms with Gasteiger partial charge < -0.3 is 15.0 Å². The molecule has 1 aromatic heterocycles. The van der Waals surface area contributed by atoms with Crippen molar-refractivity contribution in [2.45, 2.75) is 51.7 Å². The number of nitrogens with zero attached hydrogens (tertiary/aromatic N) is 3. The van der Waals surface area contributed by atoms with E-state index in [0.29, 0.717) is 6.61 Å². The quantitative estimate of drug-likeness (QED) is 0.918. The lowest BCUT2D eigenvalue weighted by Gasteiger charge is -2.38. The van der Waals surface area contributed by atoms with Crippen LogP contribution in [0, 0.1) is 12.8 Å². The summed E-state index contributed by atoms with van der Waals surface area (Å²) >= 11 is 0. The van der Waals surface area contributed by atoms with Gasteiger partial charge in [-0.2, -0.15) is 0 Å². The number of hydrogen-bond donors (Lipinski definition) is 1. The van der Waals surface area contributed by atoms with Gasteiger partial charge in [-0.05, 0) is 31.7 Å². The summed E-state index contributed by atoms with van der Waals surface area (Å²) in [6.07, 6.45) is 6.54. The van der Waals surface area contributed by atoms with E-state index in [1.807, 2.05) is 33.2 Å². The second-order valence-electron chi connectivity index (χ2n) is 7.11. The second-order valence-corrected chi connectivity index (χ2v) is 7.11. The third-order valence-corrected chi connectivity index (χ3v) is 4.80. The molecule has 23 heavy (non-hydrogen) atoms. The molecule has 2 aliphatic heterocycles. The molecule has 2 aliphatic rings. The van der Waals surface area contributed by atoms with Gasteiger partial charge in [-0.25, -0.2) is 9.97 Å². The van der Waals surface area contributed by atoms with E-state index < -0.39 is 0 Å². The standard InChI is InChI=1S/C17H26N4O2/c1-12(2)15(22)20-14-8-17(23-11-14)4-6-21(7-5-17)16-18-9-13(3)10-19-16/h9-10,12,14H,4-8,11H2,1-3H3,(H,20,22)/t14-/m1/s1. The number of amides is 1. The summed E-state index contributed by atoms with van der Waals surface area (Å²) in [4.78, 5) is 22.9. The lowest BCUT2D eigenvalue weighted by atomic mass is 9.87. The van der Waals surface area contributed by atoms with Crippen molar-refractivity contribution >= 4 is 11.9 Å². The van der Waals surface area contributed by atoms with Crippen LogP contribution in [0.2, 0.25) is 0 Å². The van der Waals surface area contributed by atoms with Crippen LogP contribution in [-0.2, 0) is 9.53 Å². The molecular formula is C17H26N4O2. The molecule has 1 amide bonds. The van der Waals surface area contributed by atoms with E-state index >= 15 is 0 Å². The Hall–Kier alpha value is -1.69. The molecule has 2 saturated heterocycles. The Balaban J connectivity index is 1.54. The van der Waals surface area contributed by atoms with Crippen LogP contribution in [-0.4, -0.2) is 47.2 Å². The van der Waals surface area contributed by atoms with Gasteiger partial charge in [0.2, 0.25) is 11.9 Å². The Labute approximate surface area is 137 Å². The molecule has 1 N–H and O–H groups in total. The first-order chi connectivity index (χ1) is 11.0. The van der Waals surface area contributed by atoms with Crippen LogP contribution in [0.1, 0.15) is 38.7 Å². The van der Waals surface area contributed by atoms with Crippen molar-refractivity contribution in [1.29, 1.82) is 0 Å². The molecule has 1 aromatic rings. The van der Waals surface area contributed by atoms with Crippen LogP contribution in [0.3, 0.4) is 0 Å². The summed E-state index contributed by atoms with van der Waals surface area (Å²) in [5.41, 5.74) is 0.987. The van der Waals surface area contributed by atoms with Gasteiger partial charge in [-0.1, -0.05) is 13.8 Å². The molecule has 0 saturated carbocycles. The highest BCUT2D eigenvalue weighted by molar-refractivity contribution is 5.78. The molecule has 1 spiro atoms. The molecule has 6 heteroatoms. The molecule has 3 heterocycles. The van der Waals surface area contributed by atoms with Crippen molar-refractivity contribution in [3.8, 4) is 0 Å². The molecule has 0 bridgehead atoms. The molecule has 1 atom stereocenters. The molecular weight excluding hydrogens is 292 g/mol. The minimum atomic E-state index is -0.0872. The zero-order valence-corrected chi connectivity index (χ0v) is 14.2. The third kappa shape index (κ3) is 3.63. The lowest BCUT2D eigenvalue weighted by molar-refractivity contribution is -0.124. The third-order valence-electron chi connectivity index (χ3n) is 4.80. The summed E-state index contributed by atoms with van der Waals surface area (Å²) in [6, 6.07) is 0.145. The second kappa shape index (κ2) is 6.43. The van der Waals surface area contributed by atoms with E-state index in [2.05, 4.69) is 20.2 Å². The molecule has 0 aliphatic carbocycles. The number of nitrogens with one attached hydrogen (secondary N) is 1. The number of aromatic nitrogens is 2.